The summed E-state index contributed by atoms with van der Waals surface area (Å²) in [6, 6.07) is 10.6. The fourth-order valence-corrected chi connectivity index (χ4v) is 2.16. The lowest BCUT2D eigenvalue weighted by molar-refractivity contribution is 0.102. The zero-order chi connectivity index (χ0) is 15.5. The van der Waals surface area contributed by atoms with E-state index in [2.05, 4.69) is 15.4 Å². The lowest BCUT2D eigenvalue weighted by atomic mass is 10.2. The third-order valence-corrected chi connectivity index (χ3v) is 3.30. The molecule has 0 atom stereocenters. The molecule has 2 heterocycles. The van der Waals surface area contributed by atoms with E-state index >= 15 is 0 Å². The fourth-order valence-electron chi connectivity index (χ4n) is 2.16. The van der Waals surface area contributed by atoms with Crippen molar-refractivity contribution in [2.75, 3.05) is 12.4 Å². The van der Waals surface area contributed by atoms with Crippen molar-refractivity contribution in [1.82, 2.24) is 14.6 Å². The largest absolute Gasteiger partial charge is 0.497 e. The lowest BCUT2D eigenvalue weighted by Gasteiger charge is -2.07. The number of hydrogen-bond donors (Lipinski definition) is 1. The molecule has 0 saturated carbocycles. The number of nitrogens with one attached hydrogen (secondary N) is 1. The number of ether oxygens (including phenoxy) is 1. The number of carbonyl (C=O) groups excluding carboxylic acids is 1. The van der Waals surface area contributed by atoms with Crippen molar-refractivity contribution < 1.29 is 9.53 Å². The number of nitrogens with zero attached hydrogens (tertiary/aromatic N) is 3. The summed E-state index contributed by atoms with van der Waals surface area (Å²) in [6.07, 6.45) is 2.55. The number of hydrogen-bond acceptors (Lipinski definition) is 4. The number of aromatic nitrogens is 3. The smallest absolute Gasteiger partial charge is 0.255 e. The zero-order valence-electron chi connectivity index (χ0n) is 12.4. The van der Waals surface area contributed by atoms with Crippen molar-refractivity contribution in [3.63, 3.8) is 0 Å². The normalized spacial score (nSPS) is 10.6. The maximum absolute atomic E-state index is 12.4. The van der Waals surface area contributed by atoms with E-state index in [9.17, 15) is 4.79 Å². The lowest BCUT2D eigenvalue weighted by Crippen LogP contribution is -2.12. The van der Waals surface area contributed by atoms with Crippen LogP contribution in [0.2, 0.25) is 0 Å². The highest BCUT2D eigenvalue weighted by Gasteiger charge is 2.11. The highest BCUT2D eigenvalue weighted by molar-refractivity contribution is 6.06. The summed E-state index contributed by atoms with van der Waals surface area (Å²) in [4.78, 5) is 16.8. The van der Waals surface area contributed by atoms with Gasteiger partial charge in [-0.1, -0.05) is 13.0 Å². The van der Waals surface area contributed by atoms with E-state index in [1.165, 1.54) is 0 Å². The summed E-state index contributed by atoms with van der Waals surface area (Å²) in [5.74, 6) is 1.16. The Balaban J connectivity index is 1.92. The molecular formula is C16H16N4O2. The third-order valence-electron chi connectivity index (χ3n) is 3.30. The number of aryl methyl sites for hydroxylation is 1. The van der Waals surface area contributed by atoms with Gasteiger partial charge in [0.25, 0.3) is 5.91 Å². The van der Waals surface area contributed by atoms with Crippen LogP contribution in [0.25, 0.3) is 5.65 Å². The molecule has 0 radical (unpaired) electrons. The van der Waals surface area contributed by atoms with Gasteiger partial charge >= 0.3 is 0 Å². The fraction of sp³-hybridized carbons (Fsp3) is 0.188. The van der Waals surface area contributed by atoms with Gasteiger partial charge in [0, 0.05) is 18.2 Å². The van der Waals surface area contributed by atoms with Gasteiger partial charge < -0.3 is 10.1 Å². The zero-order valence-corrected chi connectivity index (χ0v) is 12.4. The molecule has 6 heteroatoms. The molecule has 0 bridgehead atoms. The number of pyridine rings is 1. The van der Waals surface area contributed by atoms with Crippen LogP contribution in [-0.4, -0.2) is 27.6 Å². The minimum absolute atomic E-state index is 0.215. The predicted molar refractivity (Wildman–Crippen MR) is 83.3 cm³/mol. The molecule has 22 heavy (non-hydrogen) atoms. The first kappa shape index (κ1) is 14.1. The first-order chi connectivity index (χ1) is 10.7. The third kappa shape index (κ3) is 2.63. The second kappa shape index (κ2) is 5.85. The second-order valence-corrected chi connectivity index (χ2v) is 4.76. The number of fused-ring (bicyclic) bond motifs is 1. The number of anilines is 1. The van der Waals surface area contributed by atoms with Gasteiger partial charge in [0.2, 0.25) is 0 Å². The van der Waals surface area contributed by atoms with Crippen LogP contribution in [0.1, 0.15) is 23.1 Å². The van der Waals surface area contributed by atoms with E-state index in [4.69, 9.17) is 4.74 Å². The Morgan fingerprint density at radius 3 is 2.95 bits per heavy atom. The van der Waals surface area contributed by atoms with Crippen molar-refractivity contribution >= 4 is 17.2 Å². The molecule has 6 nitrogen and oxygen atoms in total. The van der Waals surface area contributed by atoms with Crippen molar-refractivity contribution in [2.24, 2.45) is 0 Å². The first-order valence-electron chi connectivity index (χ1n) is 7.01. The molecule has 0 spiro atoms. The molecule has 1 aromatic carbocycles. The van der Waals surface area contributed by atoms with Crippen LogP contribution in [0.4, 0.5) is 5.69 Å². The Kier molecular flexibility index (Phi) is 3.74. The van der Waals surface area contributed by atoms with E-state index in [0.29, 0.717) is 22.6 Å². The minimum Gasteiger partial charge on any atom is -0.497 e. The van der Waals surface area contributed by atoms with E-state index in [1.807, 2.05) is 25.3 Å². The SMILES string of the molecule is CCc1nc2c(NC(=O)c3cccc(OC)c3)cccn2n1. The number of rotatable bonds is 4. The molecule has 0 aliphatic rings. The van der Waals surface area contributed by atoms with Crippen molar-refractivity contribution in [3.8, 4) is 5.75 Å². The van der Waals surface area contributed by atoms with Crippen molar-refractivity contribution in [1.29, 1.82) is 0 Å². The molecule has 1 amide bonds. The van der Waals surface area contributed by atoms with Crippen LogP contribution in [-0.2, 0) is 6.42 Å². The number of carbonyl (C=O) groups is 1. The van der Waals surface area contributed by atoms with Gasteiger partial charge in [0.05, 0.1) is 12.8 Å². The quantitative estimate of drug-likeness (QED) is 0.803. The summed E-state index contributed by atoms with van der Waals surface area (Å²) in [5, 5.41) is 7.21. The van der Waals surface area contributed by atoms with Crippen molar-refractivity contribution in [3.05, 3.63) is 54.0 Å². The Morgan fingerprint density at radius 1 is 1.32 bits per heavy atom. The molecule has 1 N–H and O–H groups in total. The average molecular weight is 296 g/mol. The Hall–Kier alpha value is -2.89. The van der Waals surface area contributed by atoms with E-state index < -0.39 is 0 Å². The van der Waals surface area contributed by atoms with E-state index in [-0.39, 0.29) is 5.91 Å². The topological polar surface area (TPSA) is 68.5 Å². The highest BCUT2D eigenvalue weighted by Crippen LogP contribution is 2.18. The molecule has 0 unspecified atom stereocenters. The standard InChI is InChI=1S/C16H16N4O2/c1-3-14-18-15-13(8-5-9-20(15)19-14)17-16(21)11-6-4-7-12(10-11)22-2/h4-10H,3H2,1-2H3,(H,17,21). The van der Waals surface area contributed by atoms with Gasteiger partial charge in [-0.2, -0.15) is 5.10 Å². The summed E-state index contributed by atoms with van der Waals surface area (Å²) in [6.45, 7) is 1.99. The summed E-state index contributed by atoms with van der Waals surface area (Å²) in [5.41, 5.74) is 1.79. The molecule has 0 saturated heterocycles. The first-order valence-corrected chi connectivity index (χ1v) is 7.01. The molecule has 0 fully saturated rings. The van der Waals surface area contributed by atoms with Crippen molar-refractivity contribution in [2.45, 2.75) is 13.3 Å². The molecule has 3 aromatic rings. The van der Waals surface area contributed by atoms with Gasteiger partial charge in [0.1, 0.15) is 5.75 Å². The average Bonchev–Trinajstić information content (AvgIpc) is 2.99. The van der Waals surface area contributed by atoms with Crippen LogP contribution in [0.15, 0.2) is 42.6 Å². The van der Waals surface area contributed by atoms with Crippen LogP contribution < -0.4 is 10.1 Å². The molecule has 112 valence electrons. The molecular weight excluding hydrogens is 280 g/mol. The Bertz CT molecular complexity index is 826. The number of amides is 1. The summed E-state index contributed by atoms with van der Waals surface area (Å²) in [7, 11) is 1.57. The Morgan fingerprint density at radius 2 is 2.18 bits per heavy atom. The molecule has 0 aliphatic carbocycles. The van der Waals surface area contributed by atoms with Gasteiger partial charge in [-0.05, 0) is 30.3 Å². The molecule has 2 aromatic heterocycles. The van der Waals surface area contributed by atoms with Crippen LogP contribution in [0.3, 0.4) is 0 Å². The monoisotopic (exact) mass is 296 g/mol. The highest BCUT2D eigenvalue weighted by atomic mass is 16.5. The number of benzene rings is 1. The van der Waals surface area contributed by atoms with Gasteiger partial charge in [-0.25, -0.2) is 9.50 Å². The van der Waals surface area contributed by atoms with Gasteiger partial charge in [0.15, 0.2) is 11.5 Å². The Labute approximate surface area is 127 Å². The summed E-state index contributed by atoms with van der Waals surface area (Å²) >= 11 is 0. The molecule has 3 rings (SSSR count). The molecule has 0 aliphatic heterocycles. The van der Waals surface area contributed by atoms with Crippen LogP contribution >= 0.6 is 0 Å². The van der Waals surface area contributed by atoms with Gasteiger partial charge in [-0.15, -0.1) is 0 Å². The minimum atomic E-state index is -0.215. The van der Waals surface area contributed by atoms with E-state index in [1.54, 1.807) is 35.9 Å². The maximum atomic E-state index is 12.4. The van der Waals surface area contributed by atoms with Gasteiger partial charge in [-0.3, -0.25) is 4.79 Å². The predicted octanol–water partition coefficient (Wildman–Crippen LogP) is 2.55. The van der Waals surface area contributed by atoms with Crippen LogP contribution in [0.5, 0.6) is 5.75 Å². The maximum Gasteiger partial charge on any atom is 0.255 e. The second-order valence-electron chi connectivity index (χ2n) is 4.76. The number of methoxy groups -OCH3 is 1. The summed E-state index contributed by atoms with van der Waals surface area (Å²) < 4.78 is 6.80. The van der Waals surface area contributed by atoms with E-state index in [0.717, 1.165) is 12.2 Å². The van der Waals surface area contributed by atoms with Crippen LogP contribution in [0, 0.1) is 0 Å².